The zero-order chi connectivity index (χ0) is 15.8. The van der Waals surface area contributed by atoms with Gasteiger partial charge in [0.05, 0.1) is 11.1 Å². The molecule has 0 unspecified atom stereocenters. The maximum absolute atomic E-state index is 12.7. The van der Waals surface area contributed by atoms with Gasteiger partial charge in [-0.1, -0.05) is 17.7 Å². The van der Waals surface area contributed by atoms with Crippen LogP contribution < -0.4 is 0 Å². The van der Waals surface area contributed by atoms with Gasteiger partial charge in [-0.3, -0.25) is 4.68 Å². The third-order valence-corrected chi connectivity index (χ3v) is 5.71. The highest BCUT2D eigenvalue weighted by Gasteiger charge is 2.23. The van der Waals surface area contributed by atoms with Gasteiger partial charge in [-0.2, -0.15) is 9.40 Å². The molecule has 0 saturated carbocycles. The van der Waals surface area contributed by atoms with Gasteiger partial charge >= 0.3 is 0 Å². The van der Waals surface area contributed by atoms with Gasteiger partial charge in [0.25, 0.3) is 0 Å². The second kappa shape index (κ2) is 5.61. The van der Waals surface area contributed by atoms with Gasteiger partial charge in [-0.25, -0.2) is 8.42 Å². The summed E-state index contributed by atoms with van der Waals surface area (Å²) in [6, 6.07) is 5.38. The van der Waals surface area contributed by atoms with Gasteiger partial charge in [-0.15, -0.1) is 0 Å². The normalized spacial score (nSPS) is 12.1. The summed E-state index contributed by atoms with van der Waals surface area (Å²) >= 11 is 0. The highest BCUT2D eigenvalue weighted by molar-refractivity contribution is 7.89. The Morgan fingerprint density at radius 1 is 1.24 bits per heavy atom. The van der Waals surface area contributed by atoms with Crippen LogP contribution in [-0.4, -0.2) is 29.6 Å². The molecule has 114 valence electrons. The molecule has 1 aromatic carbocycles. The van der Waals surface area contributed by atoms with Gasteiger partial charge in [0.2, 0.25) is 10.0 Å². The Kier molecular flexibility index (Phi) is 4.20. The van der Waals surface area contributed by atoms with Crippen LogP contribution in [0.25, 0.3) is 0 Å². The largest absolute Gasteiger partial charge is 0.273 e. The first-order valence-electron chi connectivity index (χ1n) is 6.74. The number of hydrogen-bond acceptors (Lipinski definition) is 3. The molecule has 1 heterocycles. The Morgan fingerprint density at radius 2 is 1.90 bits per heavy atom. The van der Waals surface area contributed by atoms with Crippen LogP contribution in [0.4, 0.5) is 0 Å². The molecule has 0 atom stereocenters. The summed E-state index contributed by atoms with van der Waals surface area (Å²) in [5.74, 6) is 0. The van der Waals surface area contributed by atoms with E-state index >= 15 is 0 Å². The molecule has 0 N–H and O–H groups in total. The van der Waals surface area contributed by atoms with Crippen LogP contribution in [-0.2, 0) is 23.6 Å². The van der Waals surface area contributed by atoms with E-state index in [0.29, 0.717) is 11.4 Å². The number of aromatic nitrogens is 2. The lowest BCUT2D eigenvalue weighted by Crippen LogP contribution is -2.27. The molecular weight excluding hydrogens is 286 g/mol. The minimum Gasteiger partial charge on any atom is -0.273 e. The molecule has 0 aliphatic carbocycles. The standard InChI is InChI=1S/C15H21N3O2S/c1-11-6-7-15(12(2)8-11)21(19,20)17(4)10-14-9-16-18(5)13(14)3/h6-9H,10H2,1-5H3. The fourth-order valence-electron chi connectivity index (χ4n) is 2.28. The first-order valence-corrected chi connectivity index (χ1v) is 8.18. The van der Waals surface area contributed by atoms with Gasteiger partial charge in [0, 0.05) is 31.9 Å². The smallest absolute Gasteiger partial charge is 0.243 e. The predicted octanol–water partition coefficient (Wildman–Crippen LogP) is 2.17. The molecule has 6 heteroatoms. The molecule has 21 heavy (non-hydrogen) atoms. The van der Waals surface area contributed by atoms with Crippen LogP contribution in [0.15, 0.2) is 29.3 Å². The van der Waals surface area contributed by atoms with E-state index in [1.54, 1.807) is 24.0 Å². The van der Waals surface area contributed by atoms with Crippen molar-refractivity contribution < 1.29 is 8.42 Å². The van der Waals surface area contributed by atoms with Gasteiger partial charge in [-0.05, 0) is 32.4 Å². The van der Waals surface area contributed by atoms with Crippen molar-refractivity contribution in [1.29, 1.82) is 0 Å². The third kappa shape index (κ3) is 3.01. The Morgan fingerprint density at radius 3 is 2.43 bits per heavy atom. The van der Waals surface area contributed by atoms with Crippen molar-refractivity contribution in [3.05, 3.63) is 46.8 Å². The van der Waals surface area contributed by atoms with E-state index in [9.17, 15) is 8.42 Å². The summed E-state index contributed by atoms with van der Waals surface area (Å²) in [5.41, 5.74) is 3.70. The fraction of sp³-hybridized carbons (Fsp3) is 0.400. The van der Waals surface area contributed by atoms with E-state index in [1.165, 1.54) is 4.31 Å². The molecule has 0 amide bonds. The average Bonchev–Trinajstić information content (AvgIpc) is 2.70. The van der Waals surface area contributed by atoms with Crippen molar-refractivity contribution in [1.82, 2.24) is 14.1 Å². The molecule has 0 radical (unpaired) electrons. The monoisotopic (exact) mass is 307 g/mol. The minimum atomic E-state index is -3.50. The van der Waals surface area contributed by atoms with E-state index in [-0.39, 0.29) is 0 Å². The van der Waals surface area contributed by atoms with Crippen molar-refractivity contribution in [2.45, 2.75) is 32.2 Å². The number of hydrogen-bond donors (Lipinski definition) is 0. The summed E-state index contributed by atoms with van der Waals surface area (Å²) in [5, 5.41) is 4.15. The van der Waals surface area contributed by atoms with Crippen molar-refractivity contribution in [2.75, 3.05) is 7.05 Å². The van der Waals surface area contributed by atoms with Crippen LogP contribution in [0, 0.1) is 20.8 Å². The summed E-state index contributed by atoms with van der Waals surface area (Å²) < 4.78 is 28.5. The van der Waals surface area contributed by atoms with Crippen molar-refractivity contribution in [3.63, 3.8) is 0 Å². The van der Waals surface area contributed by atoms with E-state index in [0.717, 1.165) is 22.4 Å². The molecule has 0 fully saturated rings. The molecule has 0 bridgehead atoms. The minimum absolute atomic E-state index is 0.315. The average molecular weight is 307 g/mol. The van der Waals surface area contributed by atoms with Crippen LogP contribution >= 0.6 is 0 Å². The first kappa shape index (κ1) is 15.7. The lowest BCUT2D eigenvalue weighted by Gasteiger charge is -2.18. The fourth-order valence-corrected chi connectivity index (χ4v) is 3.63. The maximum Gasteiger partial charge on any atom is 0.243 e. The zero-order valence-electron chi connectivity index (χ0n) is 13.1. The molecular formula is C15H21N3O2S. The van der Waals surface area contributed by atoms with Crippen molar-refractivity contribution in [2.24, 2.45) is 7.05 Å². The molecule has 0 spiro atoms. The van der Waals surface area contributed by atoms with Crippen LogP contribution in [0.1, 0.15) is 22.4 Å². The molecule has 0 saturated heterocycles. The van der Waals surface area contributed by atoms with Crippen molar-refractivity contribution >= 4 is 10.0 Å². The summed E-state index contributed by atoms with van der Waals surface area (Å²) in [7, 11) is -0.0528. The Balaban J connectivity index is 2.33. The summed E-state index contributed by atoms with van der Waals surface area (Å²) in [6.45, 7) is 6.02. The molecule has 5 nitrogen and oxygen atoms in total. The predicted molar refractivity (Wildman–Crippen MR) is 82.5 cm³/mol. The highest BCUT2D eigenvalue weighted by Crippen LogP contribution is 2.22. The maximum atomic E-state index is 12.7. The number of rotatable bonds is 4. The first-order chi connectivity index (χ1) is 9.73. The van der Waals surface area contributed by atoms with E-state index in [2.05, 4.69) is 5.10 Å². The lowest BCUT2D eigenvalue weighted by atomic mass is 10.2. The van der Waals surface area contributed by atoms with E-state index in [4.69, 9.17) is 0 Å². The Labute approximate surface area is 126 Å². The van der Waals surface area contributed by atoms with Gasteiger partial charge in [0.1, 0.15) is 0 Å². The zero-order valence-corrected chi connectivity index (χ0v) is 13.9. The van der Waals surface area contributed by atoms with E-state index < -0.39 is 10.0 Å². The van der Waals surface area contributed by atoms with E-state index in [1.807, 2.05) is 40.0 Å². The van der Waals surface area contributed by atoms with Gasteiger partial charge < -0.3 is 0 Å². The highest BCUT2D eigenvalue weighted by atomic mass is 32.2. The van der Waals surface area contributed by atoms with Crippen LogP contribution in [0.5, 0.6) is 0 Å². The van der Waals surface area contributed by atoms with Crippen LogP contribution in [0.2, 0.25) is 0 Å². The molecule has 2 aromatic rings. The second-order valence-electron chi connectivity index (χ2n) is 5.41. The molecule has 0 aliphatic heterocycles. The third-order valence-electron chi connectivity index (χ3n) is 3.75. The Hall–Kier alpha value is -1.66. The van der Waals surface area contributed by atoms with Crippen LogP contribution in [0.3, 0.4) is 0 Å². The molecule has 2 rings (SSSR count). The SMILES string of the molecule is Cc1ccc(S(=O)(=O)N(C)Cc2cnn(C)c2C)c(C)c1. The number of nitrogens with zero attached hydrogens (tertiary/aromatic N) is 3. The topological polar surface area (TPSA) is 55.2 Å². The number of aryl methyl sites for hydroxylation is 3. The molecule has 0 aliphatic rings. The van der Waals surface area contributed by atoms with Crippen molar-refractivity contribution in [3.8, 4) is 0 Å². The lowest BCUT2D eigenvalue weighted by molar-refractivity contribution is 0.465. The second-order valence-corrected chi connectivity index (χ2v) is 7.42. The number of benzene rings is 1. The van der Waals surface area contributed by atoms with Gasteiger partial charge in [0.15, 0.2) is 0 Å². The summed E-state index contributed by atoms with van der Waals surface area (Å²) in [4.78, 5) is 0.358. The summed E-state index contributed by atoms with van der Waals surface area (Å²) in [6.07, 6.45) is 1.71. The molecule has 1 aromatic heterocycles. The quantitative estimate of drug-likeness (QED) is 0.870. The number of sulfonamides is 1. The Bertz CT molecular complexity index is 763.